The minimum absolute atomic E-state index is 0.0684. The summed E-state index contributed by atoms with van der Waals surface area (Å²) in [5.41, 5.74) is 4.60. The maximum absolute atomic E-state index is 11.5. The summed E-state index contributed by atoms with van der Waals surface area (Å²) < 4.78 is 1.83. The highest BCUT2D eigenvalue weighted by Crippen LogP contribution is 2.18. The quantitative estimate of drug-likeness (QED) is 0.740. The molecule has 3 nitrogen and oxygen atoms in total. The summed E-state index contributed by atoms with van der Waals surface area (Å²) in [6, 6.07) is 8.09. The first-order chi connectivity index (χ1) is 8.00. The van der Waals surface area contributed by atoms with Crippen LogP contribution in [0.15, 0.2) is 24.3 Å². The Labute approximate surface area is 101 Å². The van der Waals surface area contributed by atoms with E-state index in [4.69, 9.17) is 0 Å². The van der Waals surface area contributed by atoms with Crippen molar-refractivity contribution in [3.05, 3.63) is 46.8 Å². The molecule has 0 bridgehead atoms. The molecule has 2 aromatic rings. The van der Waals surface area contributed by atoms with Crippen molar-refractivity contribution in [1.82, 2.24) is 9.78 Å². The second-order valence-electron chi connectivity index (χ2n) is 4.35. The lowest BCUT2D eigenvalue weighted by molar-refractivity contribution is 0.101. The summed E-state index contributed by atoms with van der Waals surface area (Å²) in [7, 11) is 0. The lowest BCUT2D eigenvalue weighted by Gasteiger charge is -2.05. The molecule has 88 valence electrons. The van der Waals surface area contributed by atoms with Crippen LogP contribution in [0.5, 0.6) is 0 Å². The van der Waals surface area contributed by atoms with Gasteiger partial charge in [0.05, 0.1) is 22.6 Å². The number of carbonyl (C=O) groups is 1. The highest BCUT2D eigenvalue weighted by atomic mass is 16.1. The zero-order valence-electron chi connectivity index (χ0n) is 10.6. The summed E-state index contributed by atoms with van der Waals surface area (Å²) in [6.45, 7) is 7.42. The van der Waals surface area contributed by atoms with Crippen LogP contribution < -0.4 is 0 Å². The number of rotatable bonds is 2. The monoisotopic (exact) mass is 228 g/mol. The van der Waals surface area contributed by atoms with Gasteiger partial charge in [0.1, 0.15) is 0 Å². The lowest BCUT2D eigenvalue weighted by Crippen LogP contribution is -2.01. The van der Waals surface area contributed by atoms with Crippen LogP contribution in [0, 0.1) is 20.8 Å². The Morgan fingerprint density at radius 2 is 1.94 bits per heavy atom. The van der Waals surface area contributed by atoms with Gasteiger partial charge < -0.3 is 0 Å². The van der Waals surface area contributed by atoms with Crippen LogP contribution in [0.4, 0.5) is 0 Å². The van der Waals surface area contributed by atoms with E-state index in [-0.39, 0.29) is 5.78 Å². The summed E-state index contributed by atoms with van der Waals surface area (Å²) in [5.74, 6) is 0.0684. The van der Waals surface area contributed by atoms with Gasteiger partial charge in [0.2, 0.25) is 0 Å². The van der Waals surface area contributed by atoms with E-state index >= 15 is 0 Å². The van der Waals surface area contributed by atoms with E-state index in [2.05, 4.69) is 11.2 Å². The standard InChI is InChI=1S/C14H16N2O/c1-9-6-5-7-13(8-9)16-11(3)14(12(4)17)10(2)15-16/h5-8H,1-4H3. The molecule has 1 aromatic heterocycles. The normalized spacial score (nSPS) is 10.6. The fourth-order valence-electron chi connectivity index (χ4n) is 2.16. The van der Waals surface area contributed by atoms with E-state index in [1.54, 1.807) is 6.92 Å². The van der Waals surface area contributed by atoms with Crippen LogP contribution in [0.2, 0.25) is 0 Å². The Balaban J connectivity index is 2.62. The van der Waals surface area contributed by atoms with E-state index in [0.29, 0.717) is 0 Å². The van der Waals surface area contributed by atoms with Gasteiger partial charge in [0.15, 0.2) is 5.78 Å². The molecule has 0 aliphatic carbocycles. The fraction of sp³-hybridized carbons (Fsp3) is 0.286. The van der Waals surface area contributed by atoms with Crippen molar-refractivity contribution >= 4 is 5.78 Å². The Hall–Kier alpha value is -1.90. The van der Waals surface area contributed by atoms with Gasteiger partial charge in [-0.25, -0.2) is 4.68 Å². The number of carbonyl (C=O) groups excluding carboxylic acids is 1. The molecule has 0 aliphatic rings. The molecule has 0 saturated heterocycles. The van der Waals surface area contributed by atoms with Gasteiger partial charge in [-0.1, -0.05) is 12.1 Å². The average molecular weight is 228 g/mol. The van der Waals surface area contributed by atoms with Crippen molar-refractivity contribution in [3.8, 4) is 5.69 Å². The predicted octanol–water partition coefficient (Wildman–Crippen LogP) is 3.00. The largest absolute Gasteiger partial charge is 0.294 e. The molecular weight excluding hydrogens is 212 g/mol. The second-order valence-corrected chi connectivity index (χ2v) is 4.35. The minimum atomic E-state index is 0.0684. The third-order valence-electron chi connectivity index (χ3n) is 2.89. The van der Waals surface area contributed by atoms with E-state index in [1.165, 1.54) is 5.56 Å². The van der Waals surface area contributed by atoms with Gasteiger partial charge in [-0.15, -0.1) is 0 Å². The van der Waals surface area contributed by atoms with E-state index < -0.39 is 0 Å². The SMILES string of the molecule is CC(=O)c1c(C)nn(-c2cccc(C)c2)c1C. The smallest absolute Gasteiger partial charge is 0.163 e. The Morgan fingerprint density at radius 3 is 2.47 bits per heavy atom. The zero-order chi connectivity index (χ0) is 12.6. The topological polar surface area (TPSA) is 34.9 Å². The van der Waals surface area contributed by atoms with Gasteiger partial charge in [-0.3, -0.25) is 4.79 Å². The Bertz CT molecular complexity index is 582. The molecule has 0 radical (unpaired) electrons. The molecule has 2 rings (SSSR count). The van der Waals surface area contributed by atoms with Crippen molar-refractivity contribution in [2.75, 3.05) is 0 Å². The predicted molar refractivity (Wildman–Crippen MR) is 67.8 cm³/mol. The molecule has 17 heavy (non-hydrogen) atoms. The van der Waals surface area contributed by atoms with Crippen molar-refractivity contribution in [2.24, 2.45) is 0 Å². The van der Waals surface area contributed by atoms with Gasteiger partial charge in [0, 0.05) is 0 Å². The van der Waals surface area contributed by atoms with E-state index in [0.717, 1.165) is 22.6 Å². The summed E-state index contributed by atoms with van der Waals surface area (Å²) >= 11 is 0. The molecule has 0 saturated carbocycles. The molecular formula is C14H16N2O. The number of benzene rings is 1. The first-order valence-corrected chi connectivity index (χ1v) is 5.65. The van der Waals surface area contributed by atoms with Crippen molar-refractivity contribution < 1.29 is 4.79 Å². The third-order valence-corrected chi connectivity index (χ3v) is 2.89. The molecule has 0 amide bonds. The second kappa shape index (κ2) is 4.17. The van der Waals surface area contributed by atoms with Gasteiger partial charge >= 0.3 is 0 Å². The Kier molecular flexibility index (Phi) is 2.84. The van der Waals surface area contributed by atoms with Crippen LogP contribution in [-0.4, -0.2) is 15.6 Å². The van der Waals surface area contributed by atoms with Crippen LogP contribution in [0.25, 0.3) is 5.69 Å². The molecule has 1 heterocycles. The van der Waals surface area contributed by atoms with Crippen molar-refractivity contribution in [2.45, 2.75) is 27.7 Å². The highest BCUT2D eigenvalue weighted by Gasteiger charge is 2.15. The van der Waals surface area contributed by atoms with E-state index in [9.17, 15) is 4.79 Å². The first-order valence-electron chi connectivity index (χ1n) is 5.65. The molecule has 0 unspecified atom stereocenters. The van der Waals surface area contributed by atoms with Gasteiger partial charge in [0.25, 0.3) is 0 Å². The average Bonchev–Trinajstić information content (AvgIpc) is 2.54. The van der Waals surface area contributed by atoms with Crippen LogP contribution in [-0.2, 0) is 0 Å². The third kappa shape index (κ3) is 2.00. The first kappa shape index (κ1) is 11.6. The molecule has 0 atom stereocenters. The number of hydrogen-bond donors (Lipinski definition) is 0. The van der Waals surface area contributed by atoms with Gasteiger partial charge in [-0.2, -0.15) is 5.10 Å². The molecule has 0 spiro atoms. The Morgan fingerprint density at radius 1 is 1.24 bits per heavy atom. The molecule has 3 heteroatoms. The number of aryl methyl sites for hydroxylation is 2. The number of aromatic nitrogens is 2. The molecule has 0 aliphatic heterocycles. The van der Waals surface area contributed by atoms with Crippen LogP contribution in [0.1, 0.15) is 34.2 Å². The van der Waals surface area contributed by atoms with Gasteiger partial charge in [-0.05, 0) is 45.4 Å². The van der Waals surface area contributed by atoms with Crippen LogP contribution >= 0.6 is 0 Å². The number of Topliss-reactive ketones (excluding diaryl/α,β-unsaturated/α-hetero) is 1. The number of ketones is 1. The number of hydrogen-bond acceptors (Lipinski definition) is 2. The molecule has 1 aromatic carbocycles. The summed E-state index contributed by atoms with van der Waals surface area (Å²) in [6.07, 6.45) is 0. The minimum Gasteiger partial charge on any atom is -0.294 e. The van der Waals surface area contributed by atoms with E-state index in [1.807, 2.05) is 43.7 Å². The zero-order valence-corrected chi connectivity index (χ0v) is 10.6. The van der Waals surface area contributed by atoms with Crippen LogP contribution in [0.3, 0.4) is 0 Å². The summed E-state index contributed by atoms with van der Waals surface area (Å²) in [5, 5.41) is 4.44. The molecule has 0 fully saturated rings. The summed E-state index contributed by atoms with van der Waals surface area (Å²) in [4.78, 5) is 11.5. The van der Waals surface area contributed by atoms with Crippen molar-refractivity contribution in [3.63, 3.8) is 0 Å². The van der Waals surface area contributed by atoms with Crippen molar-refractivity contribution in [1.29, 1.82) is 0 Å². The number of nitrogens with zero attached hydrogens (tertiary/aromatic N) is 2. The molecule has 0 N–H and O–H groups in total. The lowest BCUT2D eigenvalue weighted by atomic mass is 10.1. The fourth-order valence-corrected chi connectivity index (χ4v) is 2.16. The maximum Gasteiger partial charge on any atom is 0.163 e. The maximum atomic E-state index is 11.5. The highest BCUT2D eigenvalue weighted by molar-refractivity contribution is 5.96.